The molecule has 0 amide bonds. The molecule has 87 heavy (non-hydrogen) atoms. The molecule has 0 atom stereocenters. The van der Waals surface area contributed by atoms with Crippen molar-refractivity contribution in [1.82, 2.24) is 15.0 Å². The van der Waals surface area contributed by atoms with Crippen LogP contribution in [0.3, 0.4) is 0 Å². The van der Waals surface area contributed by atoms with Gasteiger partial charge in [-0.25, -0.2) is 0 Å². The summed E-state index contributed by atoms with van der Waals surface area (Å²) in [4.78, 5) is 13.6. The number of ether oxygens (including phenoxy) is 19. The standard InChI is InChI=1S/C59H97N7O21/c60-10-12-69-14-16-71-18-20-73-22-24-75-26-28-77-30-32-79-34-36-81-38-40-83-42-44-85-46-48-87-49-47-86-45-43-84-41-39-82-37-35-80-33-31-78-29-27-76-25-23-74-21-19-72-17-15-70-13-11-61-57-64-58(62-51-4-3-5-52(67)50-51)66-59(65-57)63-55-8-9-56(68)54-7-2-1-6-53(54)55/h1-9,50,67-68H,10-49,60H2,(H3,61,62,63,64,65,66). The number of hydrogen-bond acceptors (Lipinski definition) is 28. The number of phenols is 2. The van der Waals surface area contributed by atoms with E-state index in [4.69, 9.17) is 95.7 Å². The van der Waals surface area contributed by atoms with E-state index in [1.54, 1.807) is 36.4 Å². The first-order valence-corrected chi connectivity index (χ1v) is 29.8. The summed E-state index contributed by atoms with van der Waals surface area (Å²) in [5.41, 5.74) is 6.65. The third-order valence-corrected chi connectivity index (χ3v) is 11.4. The predicted octanol–water partition coefficient (Wildman–Crippen LogP) is 3.61. The molecule has 4 rings (SSSR count). The van der Waals surface area contributed by atoms with Crippen LogP contribution in [0.4, 0.5) is 29.2 Å². The number of nitrogens with two attached hydrogens (primary N) is 1. The molecule has 0 fully saturated rings. The van der Waals surface area contributed by atoms with E-state index >= 15 is 0 Å². The second-order valence-corrected chi connectivity index (χ2v) is 18.1. The van der Waals surface area contributed by atoms with Crippen LogP contribution in [0.1, 0.15) is 0 Å². The number of fused-ring (bicyclic) bond motifs is 1. The van der Waals surface area contributed by atoms with Gasteiger partial charge in [-0.05, 0) is 24.3 Å². The van der Waals surface area contributed by atoms with E-state index in [1.165, 1.54) is 0 Å². The molecular formula is C59H97N7O21. The second kappa shape index (κ2) is 55.2. The Morgan fingerprint density at radius 2 is 0.598 bits per heavy atom. The lowest BCUT2D eigenvalue weighted by Gasteiger charge is -2.13. The van der Waals surface area contributed by atoms with Crippen LogP contribution in [0, 0.1) is 0 Å². The molecule has 0 bridgehead atoms. The molecule has 1 aromatic heterocycles. The maximum Gasteiger partial charge on any atom is 0.233 e. The molecule has 0 radical (unpaired) electrons. The monoisotopic (exact) mass is 1240 g/mol. The van der Waals surface area contributed by atoms with Crippen molar-refractivity contribution in [2.45, 2.75) is 0 Å². The molecule has 28 nitrogen and oxygen atoms in total. The number of phenolic OH excluding ortho intramolecular Hbond substituents is 2. The average Bonchev–Trinajstić information content (AvgIpc) is 3.12. The average molecular weight is 1240 g/mol. The van der Waals surface area contributed by atoms with Gasteiger partial charge in [0.2, 0.25) is 17.8 Å². The smallest absolute Gasteiger partial charge is 0.233 e. The fraction of sp³-hybridized carbons (Fsp3) is 0.678. The zero-order valence-electron chi connectivity index (χ0n) is 50.6. The van der Waals surface area contributed by atoms with Gasteiger partial charge in [0.25, 0.3) is 0 Å². The van der Waals surface area contributed by atoms with Crippen LogP contribution in [0.2, 0.25) is 0 Å². The van der Waals surface area contributed by atoms with Crippen LogP contribution in [-0.4, -0.2) is 289 Å². The lowest BCUT2D eigenvalue weighted by Crippen LogP contribution is -2.16. The third-order valence-electron chi connectivity index (χ3n) is 11.4. The molecule has 0 unspecified atom stereocenters. The maximum atomic E-state index is 10.3. The first-order chi connectivity index (χ1) is 43.1. The van der Waals surface area contributed by atoms with E-state index in [1.807, 2.05) is 24.3 Å². The molecule has 0 spiro atoms. The van der Waals surface area contributed by atoms with Crippen molar-refractivity contribution in [2.75, 3.05) is 280 Å². The van der Waals surface area contributed by atoms with Crippen LogP contribution >= 0.6 is 0 Å². The van der Waals surface area contributed by atoms with Gasteiger partial charge in [-0.3, -0.25) is 0 Å². The van der Waals surface area contributed by atoms with Gasteiger partial charge >= 0.3 is 0 Å². The molecule has 4 aromatic rings. The number of hydrogen-bond donors (Lipinski definition) is 6. The Morgan fingerprint density at radius 1 is 0.299 bits per heavy atom. The number of rotatable bonds is 64. The first kappa shape index (κ1) is 74.6. The normalized spacial score (nSPS) is 11.6. The highest BCUT2D eigenvalue weighted by atomic mass is 16.6. The van der Waals surface area contributed by atoms with Crippen molar-refractivity contribution in [2.24, 2.45) is 5.73 Å². The molecule has 7 N–H and O–H groups in total. The van der Waals surface area contributed by atoms with Crippen molar-refractivity contribution in [3.8, 4) is 11.5 Å². The second-order valence-electron chi connectivity index (χ2n) is 18.1. The fourth-order valence-electron chi connectivity index (χ4n) is 7.17. The summed E-state index contributed by atoms with van der Waals surface area (Å²) in [5, 5.41) is 31.3. The van der Waals surface area contributed by atoms with E-state index in [-0.39, 0.29) is 23.4 Å². The summed E-state index contributed by atoms with van der Waals surface area (Å²) in [6.45, 7) is 19.1. The van der Waals surface area contributed by atoms with Crippen molar-refractivity contribution < 1.29 is 100 Å². The van der Waals surface area contributed by atoms with Crippen LogP contribution in [0.5, 0.6) is 11.5 Å². The highest BCUT2D eigenvalue weighted by Gasteiger charge is 2.12. The summed E-state index contributed by atoms with van der Waals surface area (Å²) in [6, 6.07) is 17.5. The molecular weight excluding hydrogens is 1140 g/mol. The largest absolute Gasteiger partial charge is 0.508 e. The zero-order chi connectivity index (χ0) is 61.2. The van der Waals surface area contributed by atoms with Gasteiger partial charge in [-0.15, -0.1) is 0 Å². The molecule has 0 aliphatic carbocycles. The Morgan fingerprint density at radius 3 is 0.931 bits per heavy atom. The van der Waals surface area contributed by atoms with Crippen molar-refractivity contribution in [1.29, 1.82) is 0 Å². The summed E-state index contributed by atoms with van der Waals surface area (Å²) in [5.74, 6) is 1.11. The van der Waals surface area contributed by atoms with Gasteiger partial charge in [-0.1, -0.05) is 30.3 Å². The highest BCUT2D eigenvalue weighted by Crippen LogP contribution is 2.32. The van der Waals surface area contributed by atoms with E-state index in [2.05, 4.69) is 30.9 Å². The van der Waals surface area contributed by atoms with E-state index in [0.29, 0.717) is 287 Å². The van der Waals surface area contributed by atoms with Crippen LogP contribution in [0.25, 0.3) is 10.8 Å². The molecule has 494 valence electrons. The number of aromatic hydroxyl groups is 2. The summed E-state index contributed by atoms with van der Waals surface area (Å²) < 4.78 is 105. The molecule has 3 aromatic carbocycles. The lowest BCUT2D eigenvalue weighted by molar-refractivity contribution is -0.0312. The summed E-state index contributed by atoms with van der Waals surface area (Å²) in [6.07, 6.45) is 0. The predicted molar refractivity (Wildman–Crippen MR) is 323 cm³/mol. The third kappa shape index (κ3) is 41.9. The lowest BCUT2D eigenvalue weighted by atomic mass is 10.1. The van der Waals surface area contributed by atoms with Gasteiger partial charge in [0.05, 0.1) is 251 Å². The summed E-state index contributed by atoms with van der Waals surface area (Å²) in [7, 11) is 0. The molecule has 28 heteroatoms. The molecule has 0 saturated heterocycles. The van der Waals surface area contributed by atoms with E-state index in [0.717, 1.165) is 5.39 Å². The summed E-state index contributed by atoms with van der Waals surface area (Å²) >= 11 is 0. The van der Waals surface area contributed by atoms with Crippen molar-refractivity contribution in [3.63, 3.8) is 0 Å². The fourth-order valence-corrected chi connectivity index (χ4v) is 7.17. The first-order valence-electron chi connectivity index (χ1n) is 29.8. The molecule has 0 saturated carbocycles. The minimum absolute atomic E-state index is 0.102. The van der Waals surface area contributed by atoms with Crippen LogP contribution in [0.15, 0.2) is 60.7 Å². The minimum Gasteiger partial charge on any atom is -0.508 e. The van der Waals surface area contributed by atoms with Crippen molar-refractivity contribution >= 4 is 40.0 Å². The quantitative estimate of drug-likeness (QED) is 0.0272. The molecule has 1 heterocycles. The Hall–Kier alpha value is -4.87. The van der Waals surface area contributed by atoms with Gasteiger partial charge in [-0.2, -0.15) is 15.0 Å². The van der Waals surface area contributed by atoms with Gasteiger partial charge in [0, 0.05) is 41.3 Å². The zero-order valence-corrected chi connectivity index (χ0v) is 50.6. The van der Waals surface area contributed by atoms with Crippen LogP contribution < -0.4 is 21.7 Å². The van der Waals surface area contributed by atoms with Crippen molar-refractivity contribution in [3.05, 3.63) is 60.7 Å². The Labute approximate surface area is 511 Å². The Kier molecular flexibility index (Phi) is 47.3. The highest BCUT2D eigenvalue weighted by molar-refractivity contribution is 5.98. The van der Waals surface area contributed by atoms with Gasteiger partial charge in [0.15, 0.2) is 0 Å². The number of benzene rings is 3. The van der Waals surface area contributed by atoms with Gasteiger partial charge in [0.1, 0.15) is 11.5 Å². The number of anilines is 5. The Balaban J connectivity index is 0.778. The molecule has 0 aliphatic rings. The minimum atomic E-state index is 0.102. The number of aromatic nitrogens is 3. The number of nitrogens with one attached hydrogen (secondary N) is 3. The number of nitrogens with zero attached hydrogens (tertiary/aromatic N) is 3. The van der Waals surface area contributed by atoms with Gasteiger partial charge < -0.3 is 122 Å². The Bertz CT molecular complexity index is 2200. The van der Waals surface area contributed by atoms with E-state index in [9.17, 15) is 10.2 Å². The topological polar surface area (TPSA) is 317 Å². The SMILES string of the molecule is NCCOCCOCCOCCOCCOCCOCCOCCOCCOCCOCCOCCOCCOCCOCCOCCOCCOCCOCCOCCNc1nc(Nc2cccc(O)c2)nc(Nc2ccc(O)c3ccccc23)n1. The maximum absolute atomic E-state index is 10.3. The van der Waals surface area contributed by atoms with Crippen LogP contribution in [-0.2, 0) is 90.0 Å². The molecule has 0 aliphatic heterocycles. The van der Waals surface area contributed by atoms with E-state index < -0.39 is 0 Å².